The van der Waals surface area contributed by atoms with Gasteiger partial charge in [-0.15, -0.1) is 0 Å². The molecule has 7 heteroatoms. The number of fused-ring (bicyclic) bond motifs is 1. The number of furan rings is 1. The van der Waals surface area contributed by atoms with E-state index in [1.165, 1.54) is 31.9 Å². The van der Waals surface area contributed by atoms with Crippen LogP contribution in [0.15, 0.2) is 65.3 Å². The Kier molecular flexibility index (Phi) is 6.18. The maximum atomic E-state index is 13.0. The molecule has 3 aromatic rings. The standard InChI is InChI=1S/C27H27N3O4/c1-33-27(32)19-9-12-22-21(16-19)24(26(31)29-22)25(23-6-5-15-34-23)28-20-10-7-18(8-11-20)17-30-13-3-2-4-14-30/h5-12,15-16,28H,2-4,13-14,17H2,1H3,(H,29,31)/b25-24-. The third-order valence-corrected chi connectivity index (χ3v) is 6.28. The summed E-state index contributed by atoms with van der Waals surface area (Å²) < 4.78 is 10.5. The van der Waals surface area contributed by atoms with E-state index in [0.29, 0.717) is 33.8 Å². The summed E-state index contributed by atoms with van der Waals surface area (Å²) in [5.41, 5.74) is 4.66. The monoisotopic (exact) mass is 457 g/mol. The summed E-state index contributed by atoms with van der Waals surface area (Å²) in [6.07, 6.45) is 5.42. The van der Waals surface area contributed by atoms with Crippen molar-refractivity contribution >= 4 is 34.5 Å². The second-order valence-electron chi connectivity index (χ2n) is 8.59. The normalized spacial score (nSPS) is 17.1. The van der Waals surface area contributed by atoms with Gasteiger partial charge in [-0.2, -0.15) is 0 Å². The van der Waals surface area contributed by atoms with Gasteiger partial charge in [0.05, 0.1) is 30.2 Å². The lowest BCUT2D eigenvalue weighted by molar-refractivity contribution is -0.110. The van der Waals surface area contributed by atoms with Gasteiger partial charge in [0.15, 0.2) is 5.76 Å². The quantitative estimate of drug-likeness (QED) is 0.401. The van der Waals surface area contributed by atoms with E-state index in [-0.39, 0.29) is 5.91 Å². The Balaban J connectivity index is 1.48. The topological polar surface area (TPSA) is 83.8 Å². The first-order chi connectivity index (χ1) is 16.6. The molecule has 1 fully saturated rings. The number of carbonyl (C=O) groups excluding carboxylic acids is 2. The van der Waals surface area contributed by atoms with E-state index in [4.69, 9.17) is 9.15 Å². The zero-order valence-electron chi connectivity index (χ0n) is 19.1. The van der Waals surface area contributed by atoms with Gasteiger partial charge in [0.25, 0.3) is 5.91 Å². The highest BCUT2D eigenvalue weighted by Crippen LogP contribution is 2.38. The second kappa shape index (κ2) is 9.57. The highest BCUT2D eigenvalue weighted by atomic mass is 16.5. The van der Waals surface area contributed by atoms with Crippen LogP contribution in [0.4, 0.5) is 11.4 Å². The van der Waals surface area contributed by atoms with Gasteiger partial charge < -0.3 is 19.8 Å². The lowest BCUT2D eigenvalue weighted by Gasteiger charge is -2.26. The number of esters is 1. The van der Waals surface area contributed by atoms with Crippen molar-refractivity contribution in [2.45, 2.75) is 25.8 Å². The smallest absolute Gasteiger partial charge is 0.337 e. The number of amides is 1. The maximum absolute atomic E-state index is 13.0. The van der Waals surface area contributed by atoms with E-state index in [1.807, 2.05) is 12.1 Å². The van der Waals surface area contributed by atoms with Crippen LogP contribution >= 0.6 is 0 Å². The average molecular weight is 458 g/mol. The van der Waals surface area contributed by atoms with Crippen molar-refractivity contribution in [3.05, 3.63) is 83.3 Å². The molecule has 34 heavy (non-hydrogen) atoms. The Morgan fingerprint density at radius 3 is 2.59 bits per heavy atom. The van der Waals surface area contributed by atoms with Crippen molar-refractivity contribution in [3.63, 3.8) is 0 Å². The van der Waals surface area contributed by atoms with Gasteiger partial charge in [-0.1, -0.05) is 18.6 Å². The van der Waals surface area contributed by atoms with Gasteiger partial charge in [0.1, 0.15) is 0 Å². The van der Waals surface area contributed by atoms with Crippen LogP contribution in [-0.4, -0.2) is 37.0 Å². The summed E-state index contributed by atoms with van der Waals surface area (Å²) in [6.45, 7) is 3.24. The summed E-state index contributed by atoms with van der Waals surface area (Å²) >= 11 is 0. The Morgan fingerprint density at radius 1 is 1.09 bits per heavy atom. The molecule has 1 amide bonds. The van der Waals surface area contributed by atoms with E-state index in [0.717, 1.165) is 25.3 Å². The molecule has 1 aromatic heterocycles. The van der Waals surface area contributed by atoms with Gasteiger partial charge in [-0.05, 0) is 74.0 Å². The molecule has 2 aromatic carbocycles. The maximum Gasteiger partial charge on any atom is 0.337 e. The number of nitrogens with zero attached hydrogens (tertiary/aromatic N) is 1. The fourth-order valence-electron chi connectivity index (χ4n) is 4.54. The van der Waals surface area contributed by atoms with E-state index in [2.05, 4.69) is 27.7 Å². The van der Waals surface area contributed by atoms with Crippen LogP contribution < -0.4 is 10.6 Å². The molecule has 2 aliphatic rings. The molecular weight excluding hydrogens is 430 g/mol. The van der Waals surface area contributed by atoms with Crippen molar-refractivity contribution in [2.24, 2.45) is 0 Å². The third-order valence-electron chi connectivity index (χ3n) is 6.28. The number of likely N-dealkylation sites (tertiary alicyclic amines) is 1. The fourth-order valence-corrected chi connectivity index (χ4v) is 4.54. The highest BCUT2D eigenvalue weighted by molar-refractivity contribution is 6.37. The number of nitrogens with one attached hydrogen (secondary N) is 2. The molecule has 3 heterocycles. The van der Waals surface area contributed by atoms with Crippen molar-refractivity contribution in [1.82, 2.24) is 4.90 Å². The van der Waals surface area contributed by atoms with Crippen LogP contribution in [0, 0.1) is 0 Å². The molecular formula is C27H27N3O4. The highest BCUT2D eigenvalue weighted by Gasteiger charge is 2.30. The number of carbonyl (C=O) groups is 2. The van der Waals surface area contributed by atoms with Gasteiger partial charge >= 0.3 is 5.97 Å². The van der Waals surface area contributed by atoms with Gasteiger partial charge in [-0.25, -0.2) is 4.79 Å². The molecule has 0 unspecified atom stereocenters. The zero-order valence-corrected chi connectivity index (χ0v) is 19.1. The van der Waals surface area contributed by atoms with Crippen LogP contribution in [0.1, 0.15) is 46.5 Å². The molecule has 0 spiro atoms. The summed E-state index contributed by atoms with van der Waals surface area (Å²) in [5.74, 6) is -0.199. The van der Waals surface area contributed by atoms with E-state index < -0.39 is 5.97 Å². The Morgan fingerprint density at radius 2 is 1.88 bits per heavy atom. The molecule has 1 saturated heterocycles. The van der Waals surface area contributed by atoms with E-state index in [9.17, 15) is 9.59 Å². The van der Waals surface area contributed by atoms with Crippen LogP contribution in [0.5, 0.6) is 0 Å². The molecule has 0 atom stereocenters. The number of methoxy groups -OCH3 is 1. The summed E-state index contributed by atoms with van der Waals surface area (Å²) in [6, 6.07) is 16.8. The van der Waals surface area contributed by atoms with Crippen LogP contribution in [0.3, 0.4) is 0 Å². The minimum Gasteiger partial charge on any atom is -0.465 e. The van der Waals surface area contributed by atoms with Crippen LogP contribution in [0.25, 0.3) is 11.3 Å². The van der Waals surface area contributed by atoms with Crippen molar-refractivity contribution in [3.8, 4) is 0 Å². The summed E-state index contributed by atoms with van der Waals surface area (Å²) in [5, 5.41) is 6.26. The number of anilines is 2. The van der Waals surface area contributed by atoms with E-state index >= 15 is 0 Å². The molecule has 0 radical (unpaired) electrons. The Hall–Kier alpha value is -3.84. The molecule has 2 N–H and O–H groups in total. The zero-order chi connectivity index (χ0) is 23.5. The van der Waals surface area contributed by atoms with Crippen molar-refractivity contribution in [2.75, 3.05) is 30.8 Å². The predicted octanol–water partition coefficient (Wildman–Crippen LogP) is 4.98. The van der Waals surface area contributed by atoms with Crippen LogP contribution in [-0.2, 0) is 16.1 Å². The number of hydrogen-bond acceptors (Lipinski definition) is 6. The second-order valence-corrected chi connectivity index (χ2v) is 8.59. The number of piperidine rings is 1. The Bertz CT molecular complexity index is 1220. The molecule has 7 nitrogen and oxygen atoms in total. The van der Waals surface area contributed by atoms with Gasteiger partial charge in [0.2, 0.25) is 0 Å². The third kappa shape index (κ3) is 4.47. The van der Waals surface area contributed by atoms with Crippen molar-refractivity contribution in [1.29, 1.82) is 0 Å². The minimum atomic E-state index is -0.460. The fraction of sp³-hybridized carbons (Fsp3) is 0.259. The Labute approximate surface area is 198 Å². The molecule has 174 valence electrons. The van der Waals surface area contributed by atoms with Crippen molar-refractivity contribution < 1.29 is 18.7 Å². The molecule has 0 saturated carbocycles. The summed E-state index contributed by atoms with van der Waals surface area (Å²) in [7, 11) is 1.33. The molecule has 2 aliphatic heterocycles. The number of benzene rings is 2. The lowest BCUT2D eigenvalue weighted by atomic mass is 10.0. The number of ether oxygens (including phenoxy) is 1. The predicted molar refractivity (Wildman–Crippen MR) is 131 cm³/mol. The first kappa shape index (κ1) is 22.0. The molecule has 0 aliphatic carbocycles. The number of hydrogen-bond donors (Lipinski definition) is 2. The summed E-state index contributed by atoms with van der Waals surface area (Å²) in [4.78, 5) is 27.6. The van der Waals surface area contributed by atoms with Gasteiger partial charge in [0, 0.05) is 23.5 Å². The van der Waals surface area contributed by atoms with Gasteiger partial charge in [-0.3, -0.25) is 9.69 Å². The molecule has 0 bridgehead atoms. The minimum absolute atomic E-state index is 0.266. The SMILES string of the molecule is COC(=O)c1ccc2c(c1)/C(=C(/Nc1ccc(CN3CCCCC3)cc1)c1ccco1)C(=O)N2. The van der Waals surface area contributed by atoms with E-state index in [1.54, 1.807) is 36.6 Å². The first-order valence-electron chi connectivity index (χ1n) is 11.5. The average Bonchev–Trinajstić information content (AvgIpc) is 3.51. The lowest BCUT2D eigenvalue weighted by Crippen LogP contribution is -2.29. The largest absolute Gasteiger partial charge is 0.465 e. The first-order valence-corrected chi connectivity index (χ1v) is 11.5. The number of rotatable bonds is 6. The van der Waals surface area contributed by atoms with Crippen LogP contribution in [0.2, 0.25) is 0 Å². The molecule has 5 rings (SSSR count).